The second kappa shape index (κ2) is 6.49. The van der Waals surface area contributed by atoms with Crippen LogP contribution in [0, 0.1) is 11.3 Å². The second-order valence-electron chi connectivity index (χ2n) is 7.35. The molecule has 1 aliphatic rings. The van der Waals surface area contributed by atoms with Crippen molar-refractivity contribution in [3.63, 3.8) is 0 Å². The molecular formula is C18H28ClN. The van der Waals surface area contributed by atoms with Gasteiger partial charge in [-0.25, -0.2) is 0 Å². The molecule has 1 nitrogen and oxygen atoms in total. The van der Waals surface area contributed by atoms with Crippen molar-refractivity contribution >= 4 is 11.6 Å². The summed E-state index contributed by atoms with van der Waals surface area (Å²) >= 11 is 5.95. The van der Waals surface area contributed by atoms with Gasteiger partial charge in [-0.3, -0.25) is 0 Å². The van der Waals surface area contributed by atoms with E-state index in [1.165, 1.54) is 31.2 Å². The molecule has 20 heavy (non-hydrogen) atoms. The molecule has 0 amide bonds. The number of nitrogens with one attached hydrogen (secondary N) is 1. The standard InChI is InChI=1S/C18H28ClN/c1-13(14-5-9-16(19)10-6-14)20-17-11-7-15(8-12-17)18(2,3)4/h5-6,9-10,13,15,17,20H,7-8,11-12H2,1-4H3/t13-,15?,17?/m0/s1. The second-order valence-corrected chi connectivity index (χ2v) is 7.79. The normalized spacial score (nSPS) is 25.4. The molecule has 0 heterocycles. The average molecular weight is 294 g/mol. The van der Waals surface area contributed by atoms with Crippen LogP contribution in [-0.4, -0.2) is 6.04 Å². The summed E-state index contributed by atoms with van der Waals surface area (Å²) in [6, 6.07) is 9.28. The lowest BCUT2D eigenvalue weighted by molar-refractivity contribution is 0.157. The van der Waals surface area contributed by atoms with E-state index in [0.29, 0.717) is 17.5 Å². The first-order chi connectivity index (χ1) is 9.36. The molecule has 1 atom stereocenters. The Morgan fingerprint density at radius 2 is 1.60 bits per heavy atom. The fraction of sp³-hybridized carbons (Fsp3) is 0.667. The van der Waals surface area contributed by atoms with Crippen LogP contribution >= 0.6 is 11.6 Å². The Morgan fingerprint density at radius 1 is 1.05 bits per heavy atom. The predicted molar refractivity (Wildman–Crippen MR) is 88.2 cm³/mol. The Balaban J connectivity index is 1.85. The zero-order chi connectivity index (χ0) is 14.8. The third-order valence-electron chi connectivity index (χ3n) is 4.81. The summed E-state index contributed by atoms with van der Waals surface area (Å²) in [4.78, 5) is 0. The van der Waals surface area contributed by atoms with Gasteiger partial charge < -0.3 is 5.32 Å². The summed E-state index contributed by atoms with van der Waals surface area (Å²) in [6.07, 6.45) is 5.32. The van der Waals surface area contributed by atoms with Gasteiger partial charge in [0.15, 0.2) is 0 Å². The molecule has 1 saturated carbocycles. The van der Waals surface area contributed by atoms with Crippen molar-refractivity contribution in [2.24, 2.45) is 11.3 Å². The van der Waals surface area contributed by atoms with Gasteiger partial charge in [0.05, 0.1) is 0 Å². The van der Waals surface area contributed by atoms with Gasteiger partial charge in [0.25, 0.3) is 0 Å². The lowest BCUT2D eigenvalue weighted by Crippen LogP contribution is -2.37. The lowest BCUT2D eigenvalue weighted by Gasteiger charge is -2.38. The van der Waals surface area contributed by atoms with Crippen molar-refractivity contribution in [1.82, 2.24) is 5.32 Å². The molecule has 2 rings (SSSR count). The van der Waals surface area contributed by atoms with Gasteiger partial charge in [-0.2, -0.15) is 0 Å². The summed E-state index contributed by atoms with van der Waals surface area (Å²) in [5, 5.41) is 4.60. The van der Waals surface area contributed by atoms with E-state index in [0.717, 1.165) is 10.9 Å². The van der Waals surface area contributed by atoms with E-state index in [-0.39, 0.29) is 0 Å². The van der Waals surface area contributed by atoms with E-state index in [2.05, 4.69) is 45.1 Å². The third kappa shape index (κ3) is 4.23. The maximum atomic E-state index is 5.95. The van der Waals surface area contributed by atoms with Gasteiger partial charge in [-0.1, -0.05) is 44.5 Å². The average Bonchev–Trinajstić information content (AvgIpc) is 2.39. The minimum Gasteiger partial charge on any atom is -0.307 e. The molecule has 0 unspecified atom stereocenters. The first-order valence-corrected chi connectivity index (χ1v) is 8.25. The topological polar surface area (TPSA) is 12.0 Å². The maximum absolute atomic E-state index is 5.95. The first-order valence-electron chi connectivity index (χ1n) is 7.88. The van der Waals surface area contributed by atoms with Crippen LogP contribution < -0.4 is 5.32 Å². The zero-order valence-corrected chi connectivity index (χ0v) is 14.0. The van der Waals surface area contributed by atoms with Gasteiger partial charge in [0.2, 0.25) is 0 Å². The molecule has 0 spiro atoms. The maximum Gasteiger partial charge on any atom is 0.0406 e. The Morgan fingerprint density at radius 3 is 2.10 bits per heavy atom. The van der Waals surface area contributed by atoms with E-state index in [9.17, 15) is 0 Å². The molecule has 0 aromatic heterocycles. The number of hydrogen-bond donors (Lipinski definition) is 1. The lowest BCUT2D eigenvalue weighted by atomic mass is 9.71. The minimum atomic E-state index is 0.406. The molecule has 0 aliphatic heterocycles. The molecule has 1 fully saturated rings. The van der Waals surface area contributed by atoms with Crippen molar-refractivity contribution in [2.75, 3.05) is 0 Å². The Kier molecular flexibility index (Phi) is 5.14. The van der Waals surface area contributed by atoms with Crippen molar-refractivity contribution in [1.29, 1.82) is 0 Å². The van der Waals surface area contributed by atoms with E-state index < -0.39 is 0 Å². The SMILES string of the molecule is C[C@H](NC1CCC(C(C)(C)C)CC1)c1ccc(Cl)cc1. The Labute approximate surface area is 129 Å². The monoisotopic (exact) mass is 293 g/mol. The molecule has 1 aromatic rings. The van der Waals surface area contributed by atoms with E-state index >= 15 is 0 Å². The molecule has 1 aliphatic carbocycles. The number of benzene rings is 1. The highest BCUT2D eigenvalue weighted by Crippen LogP contribution is 2.38. The minimum absolute atomic E-state index is 0.406. The van der Waals surface area contributed by atoms with Crippen LogP contribution in [0.1, 0.15) is 65.0 Å². The first kappa shape index (κ1) is 15.9. The fourth-order valence-corrected chi connectivity index (χ4v) is 3.45. The van der Waals surface area contributed by atoms with Crippen molar-refractivity contribution in [3.8, 4) is 0 Å². The smallest absolute Gasteiger partial charge is 0.0406 e. The van der Waals surface area contributed by atoms with Crippen LogP contribution in [0.2, 0.25) is 5.02 Å². The van der Waals surface area contributed by atoms with E-state index in [1.54, 1.807) is 0 Å². The van der Waals surface area contributed by atoms with Crippen LogP contribution in [0.3, 0.4) is 0 Å². The Hall–Kier alpha value is -0.530. The Bertz CT molecular complexity index is 410. The van der Waals surface area contributed by atoms with Crippen LogP contribution in [-0.2, 0) is 0 Å². The molecule has 1 N–H and O–H groups in total. The van der Waals surface area contributed by atoms with Gasteiger partial charge in [0.1, 0.15) is 0 Å². The highest BCUT2D eigenvalue weighted by molar-refractivity contribution is 6.30. The van der Waals surface area contributed by atoms with Gasteiger partial charge >= 0.3 is 0 Å². The van der Waals surface area contributed by atoms with Gasteiger partial charge in [-0.05, 0) is 61.6 Å². The number of hydrogen-bond acceptors (Lipinski definition) is 1. The third-order valence-corrected chi connectivity index (χ3v) is 5.06. The molecule has 0 radical (unpaired) electrons. The summed E-state index contributed by atoms with van der Waals surface area (Å²) in [5.74, 6) is 0.881. The highest BCUT2D eigenvalue weighted by Gasteiger charge is 2.29. The van der Waals surface area contributed by atoms with Crippen molar-refractivity contribution in [2.45, 2.75) is 65.5 Å². The van der Waals surface area contributed by atoms with Gasteiger partial charge in [-0.15, -0.1) is 0 Å². The summed E-state index contributed by atoms with van der Waals surface area (Å²) in [5.41, 5.74) is 1.79. The summed E-state index contributed by atoms with van der Waals surface area (Å²) in [6.45, 7) is 9.38. The number of rotatable bonds is 3. The van der Waals surface area contributed by atoms with Crippen LogP contribution in [0.25, 0.3) is 0 Å². The van der Waals surface area contributed by atoms with Gasteiger partial charge in [0, 0.05) is 17.1 Å². The molecule has 1 aromatic carbocycles. The largest absolute Gasteiger partial charge is 0.307 e. The fourth-order valence-electron chi connectivity index (χ4n) is 3.33. The summed E-state index contributed by atoms with van der Waals surface area (Å²) in [7, 11) is 0. The van der Waals surface area contributed by atoms with Crippen molar-refractivity contribution < 1.29 is 0 Å². The van der Waals surface area contributed by atoms with Crippen LogP contribution in [0.15, 0.2) is 24.3 Å². The van der Waals surface area contributed by atoms with E-state index in [1.807, 2.05) is 12.1 Å². The molecule has 112 valence electrons. The molecule has 0 saturated heterocycles. The van der Waals surface area contributed by atoms with Crippen molar-refractivity contribution in [3.05, 3.63) is 34.9 Å². The van der Waals surface area contributed by atoms with Crippen LogP contribution in [0.5, 0.6) is 0 Å². The zero-order valence-electron chi connectivity index (χ0n) is 13.2. The number of halogens is 1. The molecular weight excluding hydrogens is 266 g/mol. The molecule has 2 heteroatoms. The summed E-state index contributed by atoms with van der Waals surface area (Å²) < 4.78 is 0. The quantitative estimate of drug-likeness (QED) is 0.765. The highest BCUT2D eigenvalue weighted by atomic mass is 35.5. The predicted octanol–water partition coefficient (Wildman–Crippen LogP) is 5.60. The molecule has 0 bridgehead atoms. The van der Waals surface area contributed by atoms with E-state index in [4.69, 9.17) is 11.6 Å². The van der Waals surface area contributed by atoms with Crippen LogP contribution in [0.4, 0.5) is 0 Å².